The van der Waals surface area contributed by atoms with Gasteiger partial charge in [-0.2, -0.15) is 5.10 Å². The first-order valence-corrected chi connectivity index (χ1v) is 13.9. The van der Waals surface area contributed by atoms with Crippen LogP contribution in [-0.4, -0.2) is 56.5 Å². The lowest BCUT2D eigenvalue weighted by atomic mass is 10.2. The Balaban J connectivity index is 1.22. The van der Waals surface area contributed by atoms with Gasteiger partial charge in [-0.15, -0.1) is 0 Å². The number of carbonyl (C=O) groups excluding carboxylic acids is 1. The number of carbonyl (C=O) groups is 1. The molecule has 1 unspecified atom stereocenters. The number of rotatable bonds is 7. The molecule has 0 aliphatic carbocycles. The molecule has 5 heterocycles. The summed E-state index contributed by atoms with van der Waals surface area (Å²) in [6.45, 7) is 2.19. The van der Waals surface area contributed by atoms with E-state index in [2.05, 4.69) is 14.6 Å². The van der Waals surface area contributed by atoms with Gasteiger partial charge in [0, 0.05) is 61.0 Å². The van der Waals surface area contributed by atoms with Crippen LogP contribution in [0.2, 0.25) is 0 Å². The maximum atomic E-state index is 12.1. The molecular formula is C31H31N7O3. The summed E-state index contributed by atoms with van der Waals surface area (Å²) in [4.78, 5) is 24.0. The van der Waals surface area contributed by atoms with Gasteiger partial charge in [0.1, 0.15) is 23.1 Å². The van der Waals surface area contributed by atoms with E-state index in [1.54, 1.807) is 18.0 Å². The Hall–Kier alpha value is -4.70. The Labute approximate surface area is 237 Å². The average Bonchev–Trinajstić information content (AvgIpc) is 3.73. The summed E-state index contributed by atoms with van der Waals surface area (Å²) in [7, 11) is 1.68. The van der Waals surface area contributed by atoms with Gasteiger partial charge in [-0.1, -0.05) is 30.3 Å². The first-order chi connectivity index (χ1) is 20.1. The third-order valence-electron chi connectivity index (χ3n) is 7.96. The molecular weight excluding hydrogens is 518 g/mol. The van der Waals surface area contributed by atoms with Crippen LogP contribution >= 0.6 is 0 Å². The molecule has 2 aromatic carbocycles. The van der Waals surface area contributed by atoms with Gasteiger partial charge in [0.25, 0.3) is 0 Å². The fourth-order valence-corrected chi connectivity index (χ4v) is 6.02. The Morgan fingerprint density at radius 3 is 2.73 bits per heavy atom. The van der Waals surface area contributed by atoms with Gasteiger partial charge in [-0.25, -0.2) is 9.67 Å². The SMILES string of the molecule is COC(c1ccccc1)n1cc(-c2ccc(-c3nc4cc(N5CCC[C@H]5C(N)=O)cc5c4n3CCCO5)cn2)cn1. The second-order valence-corrected chi connectivity index (χ2v) is 10.5. The lowest BCUT2D eigenvalue weighted by Gasteiger charge is -2.25. The van der Waals surface area contributed by atoms with Crippen LogP contribution in [-0.2, 0) is 16.1 Å². The van der Waals surface area contributed by atoms with Crippen molar-refractivity contribution < 1.29 is 14.3 Å². The van der Waals surface area contributed by atoms with E-state index in [1.807, 2.05) is 67.0 Å². The van der Waals surface area contributed by atoms with E-state index in [-0.39, 0.29) is 18.2 Å². The minimum Gasteiger partial charge on any atom is -0.491 e. The lowest BCUT2D eigenvalue weighted by Crippen LogP contribution is -2.40. The highest BCUT2D eigenvalue weighted by Gasteiger charge is 2.31. The predicted octanol–water partition coefficient (Wildman–Crippen LogP) is 4.39. The van der Waals surface area contributed by atoms with Crippen molar-refractivity contribution in [2.75, 3.05) is 25.2 Å². The van der Waals surface area contributed by atoms with Crippen molar-refractivity contribution in [1.29, 1.82) is 0 Å². The maximum absolute atomic E-state index is 12.1. The number of amides is 1. The van der Waals surface area contributed by atoms with Crippen LogP contribution in [0.15, 0.2) is 73.2 Å². The topological polar surface area (TPSA) is 113 Å². The average molecular weight is 550 g/mol. The number of hydrogen-bond acceptors (Lipinski definition) is 7. The third-order valence-corrected chi connectivity index (χ3v) is 7.96. The number of pyridine rings is 1. The highest BCUT2D eigenvalue weighted by molar-refractivity contribution is 5.91. The molecule has 0 saturated carbocycles. The van der Waals surface area contributed by atoms with Gasteiger partial charge in [0.05, 0.1) is 24.0 Å². The fourth-order valence-electron chi connectivity index (χ4n) is 6.02. The van der Waals surface area contributed by atoms with E-state index in [1.165, 1.54) is 0 Å². The molecule has 1 fully saturated rings. The molecule has 208 valence electrons. The molecule has 1 amide bonds. The number of anilines is 1. The normalized spacial score (nSPS) is 17.4. The Morgan fingerprint density at radius 1 is 1.07 bits per heavy atom. The fraction of sp³-hybridized carbons (Fsp3) is 0.290. The molecule has 1 saturated heterocycles. The van der Waals surface area contributed by atoms with Gasteiger partial charge in [0.15, 0.2) is 6.23 Å². The van der Waals surface area contributed by atoms with Gasteiger partial charge in [-0.05, 0) is 37.5 Å². The second-order valence-electron chi connectivity index (χ2n) is 10.5. The van der Waals surface area contributed by atoms with E-state index in [4.69, 9.17) is 25.2 Å². The van der Waals surface area contributed by atoms with Crippen LogP contribution in [0.4, 0.5) is 5.69 Å². The van der Waals surface area contributed by atoms with Crippen molar-refractivity contribution in [3.63, 3.8) is 0 Å². The van der Waals surface area contributed by atoms with E-state index in [9.17, 15) is 4.79 Å². The van der Waals surface area contributed by atoms with Crippen molar-refractivity contribution >= 4 is 22.6 Å². The third kappa shape index (κ3) is 4.50. The number of hydrogen-bond donors (Lipinski definition) is 1. The molecule has 10 nitrogen and oxygen atoms in total. The van der Waals surface area contributed by atoms with Crippen LogP contribution in [0.3, 0.4) is 0 Å². The number of primary amides is 1. The van der Waals surface area contributed by atoms with Crippen molar-refractivity contribution in [3.8, 4) is 28.4 Å². The van der Waals surface area contributed by atoms with Crippen LogP contribution in [0.25, 0.3) is 33.7 Å². The number of imidazole rings is 1. The molecule has 2 aliphatic rings. The van der Waals surface area contributed by atoms with E-state index in [0.717, 1.165) is 83.0 Å². The van der Waals surface area contributed by atoms with Crippen molar-refractivity contribution in [1.82, 2.24) is 24.3 Å². The molecule has 3 aromatic heterocycles. The summed E-state index contributed by atoms with van der Waals surface area (Å²) in [5.41, 5.74) is 12.1. The van der Waals surface area contributed by atoms with Gasteiger partial charge in [0.2, 0.25) is 5.91 Å². The summed E-state index contributed by atoms with van der Waals surface area (Å²) < 4.78 is 15.9. The van der Waals surface area contributed by atoms with Crippen LogP contribution in [0.5, 0.6) is 5.75 Å². The smallest absolute Gasteiger partial charge is 0.240 e. The predicted molar refractivity (Wildman–Crippen MR) is 155 cm³/mol. The molecule has 2 atom stereocenters. The molecule has 0 bridgehead atoms. The van der Waals surface area contributed by atoms with Crippen LogP contribution in [0, 0.1) is 0 Å². The van der Waals surface area contributed by atoms with Crippen LogP contribution < -0.4 is 15.4 Å². The highest BCUT2D eigenvalue weighted by Crippen LogP contribution is 2.38. The van der Waals surface area contributed by atoms with E-state index < -0.39 is 0 Å². The molecule has 5 aromatic rings. The second kappa shape index (κ2) is 10.4. The number of nitrogens with two attached hydrogens (primary N) is 1. The van der Waals surface area contributed by atoms with Crippen molar-refractivity contribution in [3.05, 3.63) is 78.8 Å². The van der Waals surface area contributed by atoms with Gasteiger partial charge in [-0.3, -0.25) is 9.78 Å². The maximum Gasteiger partial charge on any atom is 0.240 e. The Morgan fingerprint density at radius 2 is 1.95 bits per heavy atom. The zero-order valence-corrected chi connectivity index (χ0v) is 22.8. The van der Waals surface area contributed by atoms with Gasteiger partial charge < -0.3 is 24.7 Å². The monoisotopic (exact) mass is 549 g/mol. The molecule has 0 radical (unpaired) electrons. The van der Waals surface area contributed by atoms with Crippen molar-refractivity contribution in [2.24, 2.45) is 5.73 Å². The molecule has 2 N–H and O–H groups in total. The van der Waals surface area contributed by atoms with E-state index in [0.29, 0.717) is 6.61 Å². The zero-order chi connectivity index (χ0) is 27.9. The molecule has 10 heteroatoms. The Kier molecular flexibility index (Phi) is 6.39. The minimum atomic E-state index is -0.321. The number of methoxy groups -OCH3 is 1. The first kappa shape index (κ1) is 25.3. The minimum absolute atomic E-state index is 0.296. The molecule has 0 spiro atoms. The number of aryl methyl sites for hydroxylation is 1. The van der Waals surface area contributed by atoms with Crippen LogP contribution in [0.1, 0.15) is 31.1 Å². The summed E-state index contributed by atoms with van der Waals surface area (Å²) in [5, 5.41) is 4.55. The number of nitrogens with zero attached hydrogens (tertiary/aromatic N) is 6. The summed E-state index contributed by atoms with van der Waals surface area (Å²) in [6.07, 6.45) is 7.84. The highest BCUT2D eigenvalue weighted by atomic mass is 16.5. The standard InChI is InChI=1S/C31H31N7O3/c1-40-31(20-7-3-2-4-8-20)38-19-22(18-34-38)24-11-10-21(17-33-24)30-35-25-15-23(36-12-5-9-26(36)29(32)39)16-27-28(25)37(30)13-6-14-41-27/h2-4,7-8,10-11,15-19,26,31H,5-6,9,12-14H2,1H3,(H2,32,39)/t26-,31?/m0/s1. The molecule has 7 rings (SSSR count). The molecule has 41 heavy (non-hydrogen) atoms. The summed E-state index contributed by atoms with van der Waals surface area (Å²) >= 11 is 0. The van der Waals surface area contributed by atoms with Crippen molar-refractivity contribution in [2.45, 2.75) is 38.1 Å². The largest absolute Gasteiger partial charge is 0.491 e. The quantitative estimate of drug-likeness (QED) is 0.320. The number of aromatic nitrogens is 5. The number of ether oxygens (including phenoxy) is 2. The molecule has 2 aliphatic heterocycles. The zero-order valence-electron chi connectivity index (χ0n) is 22.8. The summed E-state index contributed by atoms with van der Waals surface area (Å²) in [6, 6.07) is 17.8. The lowest BCUT2D eigenvalue weighted by molar-refractivity contribution is -0.119. The number of benzene rings is 2. The Bertz CT molecular complexity index is 1710. The van der Waals surface area contributed by atoms with Gasteiger partial charge >= 0.3 is 0 Å². The summed E-state index contributed by atoms with van der Waals surface area (Å²) in [5.74, 6) is 1.33. The first-order valence-electron chi connectivity index (χ1n) is 13.9. The van der Waals surface area contributed by atoms with E-state index >= 15 is 0 Å².